The number of carbonyl (C=O) groups excluding carboxylic acids is 1. The van der Waals surface area contributed by atoms with Crippen LogP contribution in [-0.4, -0.2) is 45.4 Å². The second-order valence-corrected chi connectivity index (χ2v) is 9.45. The first-order valence-corrected chi connectivity index (χ1v) is 13.0. The Morgan fingerprint density at radius 2 is 1.98 bits per heavy atom. The minimum Gasteiger partial charge on any atom is -0.480 e. The number of ether oxygens (including phenoxy) is 3. The average molecular weight is 585 g/mol. The van der Waals surface area contributed by atoms with Crippen molar-refractivity contribution >= 4 is 11.6 Å². The maximum absolute atomic E-state index is 15.5. The number of aryl methyl sites for hydroxylation is 1. The van der Waals surface area contributed by atoms with Gasteiger partial charge in [0.2, 0.25) is 0 Å². The van der Waals surface area contributed by atoms with Gasteiger partial charge in [0.15, 0.2) is 18.2 Å². The Kier molecular flexibility index (Phi) is 9.12. The molecule has 0 aliphatic carbocycles. The van der Waals surface area contributed by atoms with Crippen molar-refractivity contribution in [1.82, 2.24) is 14.3 Å². The van der Waals surface area contributed by atoms with Gasteiger partial charge in [0.1, 0.15) is 29.7 Å². The van der Waals surface area contributed by atoms with E-state index in [4.69, 9.17) is 14.2 Å². The fourth-order valence-corrected chi connectivity index (χ4v) is 4.24. The van der Waals surface area contributed by atoms with Crippen LogP contribution in [0.2, 0.25) is 0 Å². The topological polar surface area (TPSA) is 96.6 Å². The number of nitrogens with zero attached hydrogens (tertiary/aromatic N) is 3. The van der Waals surface area contributed by atoms with Crippen molar-refractivity contribution in [2.24, 2.45) is 0 Å². The van der Waals surface area contributed by atoms with Crippen LogP contribution in [0.25, 0.3) is 5.69 Å². The van der Waals surface area contributed by atoms with Crippen LogP contribution in [0, 0.1) is 18.6 Å². The van der Waals surface area contributed by atoms with Gasteiger partial charge in [-0.3, -0.25) is 9.36 Å². The number of aromatic nitrogens is 3. The third-order valence-corrected chi connectivity index (χ3v) is 6.54. The summed E-state index contributed by atoms with van der Waals surface area (Å²) in [5.74, 6) is -3.64. The lowest BCUT2D eigenvalue weighted by Crippen LogP contribution is -2.32. The van der Waals surface area contributed by atoms with E-state index >= 15 is 4.39 Å². The van der Waals surface area contributed by atoms with Crippen molar-refractivity contribution in [3.8, 4) is 11.4 Å². The molecule has 0 spiro atoms. The molecule has 3 aromatic rings. The number of alkyl halides is 3. The Balaban J connectivity index is 1.74. The first kappa shape index (κ1) is 30.2. The van der Waals surface area contributed by atoms with E-state index in [2.05, 4.69) is 10.4 Å². The molecule has 1 aliphatic rings. The maximum atomic E-state index is 15.5. The van der Waals surface area contributed by atoms with Crippen molar-refractivity contribution in [2.75, 3.05) is 11.9 Å². The van der Waals surface area contributed by atoms with Gasteiger partial charge >= 0.3 is 11.9 Å². The van der Waals surface area contributed by atoms with Crippen LogP contribution in [0.3, 0.4) is 0 Å². The van der Waals surface area contributed by atoms with E-state index in [1.54, 1.807) is 6.92 Å². The molecule has 9 nitrogen and oxygen atoms in total. The van der Waals surface area contributed by atoms with Gasteiger partial charge in [0, 0.05) is 19.2 Å². The molecule has 2 heterocycles. The van der Waals surface area contributed by atoms with E-state index in [0.29, 0.717) is 36.3 Å². The lowest BCUT2D eigenvalue weighted by Gasteiger charge is -2.22. The van der Waals surface area contributed by atoms with Crippen molar-refractivity contribution < 1.29 is 41.0 Å². The minimum atomic E-state index is -4.84. The minimum absolute atomic E-state index is 0.133. The van der Waals surface area contributed by atoms with Crippen molar-refractivity contribution in [2.45, 2.75) is 71.8 Å². The van der Waals surface area contributed by atoms with E-state index in [1.807, 2.05) is 0 Å². The average Bonchev–Trinajstić information content (AvgIpc) is 3.24. The summed E-state index contributed by atoms with van der Waals surface area (Å²) >= 11 is 0. The van der Waals surface area contributed by atoms with Crippen LogP contribution in [0.5, 0.6) is 5.75 Å². The van der Waals surface area contributed by atoms with E-state index in [0.717, 1.165) is 25.0 Å². The van der Waals surface area contributed by atoms with Crippen molar-refractivity contribution in [3.05, 3.63) is 69.4 Å². The molecule has 1 aliphatic heterocycles. The molecule has 0 bridgehead atoms. The molecule has 1 amide bonds. The van der Waals surface area contributed by atoms with Gasteiger partial charge in [-0.05, 0) is 57.7 Å². The lowest BCUT2D eigenvalue weighted by atomic mass is 10.1. The number of anilines is 1. The SMILES string of the molecule is CCn1c(COC2CCCCO2)nn(-c2cc(O[C@@H](C)C(F)(F)F)c(C(=O)Nc3c(C)cccc3F)cc2F)c1=O. The number of rotatable bonds is 9. The normalized spacial score (nSPS) is 16.4. The highest BCUT2D eigenvalue weighted by atomic mass is 19.4. The molecule has 222 valence electrons. The Hall–Kier alpha value is -3.78. The highest BCUT2D eigenvalue weighted by Gasteiger charge is 2.39. The fourth-order valence-electron chi connectivity index (χ4n) is 4.24. The molecule has 4 rings (SSSR count). The summed E-state index contributed by atoms with van der Waals surface area (Å²) < 4.78 is 88.1. The third-order valence-electron chi connectivity index (χ3n) is 6.54. The van der Waals surface area contributed by atoms with Gasteiger partial charge in [0.25, 0.3) is 5.91 Å². The second-order valence-electron chi connectivity index (χ2n) is 9.45. The number of halogens is 5. The van der Waals surface area contributed by atoms with Gasteiger partial charge in [0.05, 0.1) is 11.3 Å². The molecule has 0 radical (unpaired) electrons. The van der Waals surface area contributed by atoms with E-state index < -0.39 is 58.8 Å². The summed E-state index contributed by atoms with van der Waals surface area (Å²) in [5, 5.41) is 6.41. The van der Waals surface area contributed by atoms with Crippen LogP contribution in [0.4, 0.5) is 27.6 Å². The zero-order valence-electron chi connectivity index (χ0n) is 22.6. The molecule has 0 saturated carbocycles. The lowest BCUT2D eigenvalue weighted by molar-refractivity contribution is -0.189. The van der Waals surface area contributed by atoms with Crippen LogP contribution >= 0.6 is 0 Å². The summed E-state index contributed by atoms with van der Waals surface area (Å²) in [6.07, 6.45) is -5.28. The molecular weight excluding hydrogens is 555 g/mol. The summed E-state index contributed by atoms with van der Waals surface area (Å²) in [5.41, 5.74) is -1.90. The van der Waals surface area contributed by atoms with Crippen LogP contribution < -0.4 is 15.7 Å². The highest BCUT2D eigenvalue weighted by molar-refractivity contribution is 6.06. The van der Waals surface area contributed by atoms with Gasteiger partial charge in [-0.25, -0.2) is 13.6 Å². The zero-order chi connectivity index (χ0) is 29.9. The fraction of sp³-hybridized carbons (Fsp3) is 0.444. The number of carbonyl (C=O) groups is 1. The number of para-hydroxylation sites is 1. The number of nitrogens with one attached hydrogen (secondary N) is 1. The standard InChI is InChI=1S/C27H29F5N4O5/c1-4-35-22(14-40-23-10-5-6-11-39-23)34-36(26(35)38)20-13-21(41-16(3)27(30,31)32)17(12-19(20)29)25(37)33-24-15(2)8-7-9-18(24)28/h7-9,12-13,16,23H,4-6,10-11,14H2,1-3H3,(H,33,37)/t16-,23?/m0/s1. The number of amides is 1. The van der Waals surface area contributed by atoms with Crippen LogP contribution in [-0.2, 0) is 22.6 Å². The first-order chi connectivity index (χ1) is 19.4. The largest absolute Gasteiger partial charge is 0.480 e. The molecule has 41 heavy (non-hydrogen) atoms. The van der Waals surface area contributed by atoms with E-state index in [-0.39, 0.29) is 24.7 Å². The molecule has 1 fully saturated rings. The summed E-state index contributed by atoms with van der Waals surface area (Å²) in [6.45, 7) is 4.39. The predicted molar refractivity (Wildman–Crippen MR) is 137 cm³/mol. The maximum Gasteiger partial charge on any atom is 0.425 e. The summed E-state index contributed by atoms with van der Waals surface area (Å²) in [4.78, 5) is 26.2. The number of benzene rings is 2. The van der Waals surface area contributed by atoms with Crippen molar-refractivity contribution in [1.29, 1.82) is 0 Å². The Morgan fingerprint density at radius 3 is 2.61 bits per heavy atom. The van der Waals surface area contributed by atoms with Crippen LogP contribution in [0.15, 0.2) is 35.1 Å². The number of hydrogen-bond donors (Lipinski definition) is 1. The molecular formula is C27H29F5N4O5. The van der Waals surface area contributed by atoms with E-state index in [9.17, 15) is 27.2 Å². The molecule has 1 N–H and O–H groups in total. The second kappa shape index (κ2) is 12.4. The Labute approximate surface area is 231 Å². The van der Waals surface area contributed by atoms with Gasteiger partial charge in [-0.2, -0.15) is 17.9 Å². The van der Waals surface area contributed by atoms with Crippen molar-refractivity contribution in [3.63, 3.8) is 0 Å². The smallest absolute Gasteiger partial charge is 0.425 e. The molecule has 1 aromatic heterocycles. The molecule has 1 unspecified atom stereocenters. The summed E-state index contributed by atoms with van der Waals surface area (Å²) in [7, 11) is 0. The third kappa shape index (κ3) is 6.76. The van der Waals surface area contributed by atoms with Gasteiger partial charge in [-0.15, -0.1) is 5.10 Å². The highest BCUT2D eigenvalue weighted by Crippen LogP contribution is 2.31. The predicted octanol–water partition coefficient (Wildman–Crippen LogP) is 5.27. The Morgan fingerprint density at radius 1 is 1.22 bits per heavy atom. The Bertz CT molecular complexity index is 1440. The summed E-state index contributed by atoms with van der Waals surface area (Å²) in [6, 6.07) is 5.38. The monoisotopic (exact) mass is 584 g/mol. The zero-order valence-corrected chi connectivity index (χ0v) is 22.6. The number of hydrogen-bond acceptors (Lipinski definition) is 6. The van der Waals surface area contributed by atoms with E-state index in [1.165, 1.54) is 23.6 Å². The molecule has 14 heteroatoms. The molecule has 1 saturated heterocycles. The van der Waals surface area contributed by atoms with Crippen LogP contribution in [0.1, 0.15) is 54.9 Å². The first-order valence-electron chi connectivity index (χ1n) is 13.0. The van der Waals surface area contributed by atoms with Gasteiger partial charge in [-0.1, -0.05) is 12.1 Å². The quantitative estimate of drug-likeness (QED) is 0.345. The van der Waals surface area contributed by atoms with Gasteiger partial charge < -0.3 is 19.5 Å². The molecule has 2 atom stereocenters. The molecule has 2 aromatic carbocycles.